The summed E-state index contributed by atoms with van der Waals surface area (Å²) in [5, 5.41) is 3.00. The van der Waals surface area contributed by atoms with Crippen LogP contribution in [-0.4, -0.2) is 48.8 Å². The van der Waals surface area contributed by atoms with Gasteiger partial charge in [-0.1, -0.05) is 48.5 Å². The highest BCUT2D eigenvalue weighted by Crippen LogP contribution is 2.29. The quantitative estimate of drug-likeness (QED) is 0.885. The third-order valence-corrected chi connectivity index (χ3v) is 5.02. The zero-order valence-corrected chi connectivity index (χ0v) is 16.0. The number of carbonyl (C=O) groups excluding carboxylic acids is 2. The zero-order chi connectivity index (χ0) is 19.2. The fourth-order valence-corrected chi connectivity index (χ4v) is 3.61. The Hall–Kier alpha value is -2.66. The number of carbonyl (C=O) groups is 2. The Morgan fingerprint density at radius 3 is 2.30 bits per heavy atom. The number of hydrogen-bond acceptors (Lipinski definition) is 3. The maximum absolute atomic E-state index is 12.9. The van der Waals surface area contributed by atoms with Crippen LogP contribution in [0.2, 0.25) is 0 Å². The van der Waals surface area contributed by atoms with E-state index in [4.69, 9.17) is 0 Å². The summed E-state index contributed by atoms with van der Waals surface area (Å²) in [4.78, 5) is 29.4. The van der Waals surface area contributed by atoms with Crippen LogP contribution >= 0.6 is 0 Å². The van der Waals surface area contributed by atoms with Crippen molar-refractivity contribution in [3.8, 4) is 0 Å². The van der Waals surface area contributed by atoms with Gasteiger partial charge in [0.05, 0.1) is 5.92 Å². The highest BCUT2D eigenvalue weighted by Gasteiger charge is 2.34. The van der Waals surface area contributed by atoms with Crippen LogP contribution in [-0.2, 0) is 9.59 Å². The third kappa shape index (κ3) is 4.74. The van der Waals surface area contributed by atoms with E-state index in [1.165, 1.54) is 0 Å². The van der Waals surface area contributed by atoms with Crippen molar-refractivity contribution < 1.29 is 9.59 Å². The molecule has 0 radical (unpaired) electrons. The minimum absolute atomic E-state index is 0.0232. The summed E-state index contributed by atoms with van der Waals surface area (Å²) in [6, 6.07) is 19.0. The predicted octanol–water partition coefficient (Wildman–Crippen LogP) is 3.17. The normalized spacial score (nSPS) is 18.5. The molecule has 1 heterocycles. The number of rotatable bonds is 5. The van der Waals surface area contributed by atoms with Crippen LogP contribution in [0.5, 0.6) is 0 Å². The van der Waals surface area contributed by atoms with Crippen LogP contribution in [0.1, 0.15) is 24.4 Å². The summed E-state index contributed by atoms with van der Waals surface area (Å²) in [5.74, 6) is -0.0551. The van der Waals surface area contributed by atoms with E-state index in [0.717, 1.165) is 30.6 Å². The minimum atomic E-state index is -0.353. The van der Waals surface area contributed by atoms with Gasteiger partial charge in [-0.05, 0) is 37.1 Å². The van der Waals surface area contributed by atoms with Gasteiger partial charge in [0.25, 0.3) is 0 Å². The fraction of sp³-hybridized carbons (Fsp3) is 0.364. The van der Waals surface area contributed by atoms with Crippen molar-refractivity contribution in [3.63, 3.8) is 0 Å². The molecule has 0 aliphatic carbocycles. The Balaban J connectivity index is 1.76. The molecule has 0 bridgehead atoms. The number of benzene rings is 2. The lowest BCUT2D eigenvalue weighted by Crippen LogP contribution is -2.47. The Kier molecular flexibility index (Phi) is 6.24. The Morgan fingerprint density at radius 1 is 1.04 bits per heavy atom. The van der Waals surface area contributed by atoms with Gasteiger partial charge in [-0.25, -0.2) is 0 Å². The van der Waals surface area contributed by atoms with Gasteiger partial charge in [0.2, 0.25) is 11.8 Å². The lowest BCUT2D eigenvalue weighted by Gasteiger charge is -2.38. The van der Waals surface area contributed by atoms with Gasteiger partial charge in [-0.15, -0.1) is 0 Å². The van der Waals surface area contributed by atoms with Crippen LogP contribution in [0.25, 0.3) is 0 Å². The van der Waals surface area contributed by atoms with Gasteiger partial charge < -0.3 is 10.2 Å². The van der Waals surface area contributed by atoms with E-state index in [9.17, 15) is 9.59 Å². The maximum Gasteiger partial charge on any atom is 0.244 e. The summed E-state index contributed by atoms with van der Waals surface area (Å²) in [7, 11) is 3.56. The number of likely N-dealkylation sites (tertiary alicyclic amines) is 1. The second kappa shape index (κ2) is 8.82. The molecule has 0 spiro atoms. The SMILES string of the molecule is CN(C)C(=O)C(c1ccccc1)N1CCCC(C(=O)Nc2ccccc2)C1. The third-order valence-electron chi connectivity index (χ3n) is 5.02. The van der Waals surface area contributed by atoms with Gasteiger partial charge in [-0.3, -0.25) is 14.5 Å². The molecule has 1 aliphatic rings. The van der Waals surface area contributed by atoms with Crippen molar-refractivity contribution >= 4 is 17.5 Å². The van der Waals surface area contributed by atoms with E-state index < -0.39 is 0 Å². The molecule has 1 fully saturated rings. The first-order valence-corrected chi connectivity index (χ1v) is 9.42. The van der Waals surface area contributed by atoms with Gasteiger partial charge in [-0.2, -0.15) is 0 Å². The number of nitrogens with one attached hydrogen (secondary N) is 1. The molecule has 2 amide bonds. The molecule has 1 aliphatic heterocycles. The first-order valence-electron chi connectivity index (χ1n) is 9.42. The summed E-state index contributed by atoms with van der Waals surface area (Å²) in [5.41, 5.74) is 1.78. The Labute approximate surface area is 161 Å². The molecule has 1 saturated heterocycles. The molecule has 2 aromatic rings. The molecule has 2 atom stereocenters. The highest BCUT2D eigenvalue weighted by molar-refractivity contribution is 5.92. The molecular formula is C22H27N3O2. The zero-order valence-electron chi connectivity index (χ0n) is 16.0. The fourth-order valence-electron chi connectivity index (χ4n) is 3.61. The number of nitrogens with zero attached hydrogens (tertiary/aromatic N) is 2. The van der Waals surface area contributed by atoms with Crippen LogP contribution in [0, 0.1) is 5.92 Å². The van der Waals surface area contributed by atoms with Crippen LogP contribution in [0.4, 0.5) is 5.69 Å². The first-order chi connectivity index (χ1) is 13.1. The molecule has 2 unspecified atom stereocenters. The highest BCUT2D eigenvalue weighted by atomic mass is 16.2. The van der Waals surface area contributed by atoms with E-state index in [0.29, 0.717) is 6.54 Å². The number of para-hydroxylation sites is 1. The minimum Gasteiger partial charge on any atom is -0.347 e. The van der Waals surface area contributed by atoms with Gasteiger partial charge in [0, 0.05) is 26.3 Å². The average molecular weight is 365 g/mol. The number of likely N-dealkylation sites (N-methyl/N-ethyl adjacent to an activating group) is 1. The number of anilines is 1. The summed E-state index contributed by atoms with van der Waals surface area (Å²) in [6.45, 7) is 1.39. The summed E-state index contributed by atoms with van der Waals surface area (Å²) in [6.07, 6.45) is 1.74. The monoisotopic (exact) mass is 365 g/mol. The standard InChI is InChI=1S/C22H27N3O2/c1-24(2)22(27)20(17-10-5-3-6-11-17)25-15-9-12-18(16-25)21(26)23-19-13-7-4-8-14-19/h3-8,10-11,13-14,18,20H,9,12,15-16H2,1-2H3,(H,23,26). The molecule has 27 heavy (non-hydrogen) atoms. The molecule has 5 heteroatoms. The number of amides is 2. The van der Waals surface area contributed by atoms with Crippen molar-refractivity contribution in [2.45, 2.75) is 18.9 Å². The van der Waals surface area contributed by atoms with E-state index >= 15 is 0 Å². The Bertz CT molecular complexity index is 762. The van der Waals surface area contributed by atoms with Crippen molar-refractivity contribution in [1.29, 1.82) is 0 Å². The lowest BCUT2D eigenvalue weighted by atomic mass is 9.93. The van der Waals surface area contributed by atoms with E-state index in [2.05, 4.69) is 10.2 Å². The van der Waals surface area contributed by atoms with Crippen molar-refractivity contribution in [2.24, 2.45) is 5.92 Å². The van der Waals surface area contributed by atoms with Crippen molar-refractivity contribution in [3.05, 3.63) is 66.2 Å². The topological polar surface area (TPSA) is 52.7 Å². The van der Waals surface area contributed by atoms with Gasteiger partial charge in [0.15, 0.2) is 0 Å². The molecule has 0 saturated carbocycles. The number of hydrogen-bond donors (Lipinski definition) is 1. The predicted molar refractivity (Wildman–Crippen MR) is 107 cm³/mol. The molecule has 3 rings (SSSR count). The molecule has 5 nitrogen and oxygen atoms in total. The number of piperidine rings is 1. The second-order valence-corrected chi connectivity index (χ2v) is 7.24. The van der Waals surface area contributed by atoms with Crippen LogP contribution < -0.4 is 5.32 Å². The Morgan fingerprint density at radius 2 is 1.67 bits per heavy atom. The lowest BCUT2D eigenvalue weighted by molar-refractivity contribution is -0.136. The molecule has 0 aromatic heterocycles. The van der Waals surface area contributed by atoms with E-state index in [1.807, 2.05) is 60.7 Å². The van der Waals surface area contributed by atoms with Crippen LogP contribution in [0.3, 0.4) is 0 Å². The molecule has 1 N–H and O–H groups in total. The molecule has 142 valence electrons. The largest absolute Gasteiger partial charge is 0.347 e. The smallest absolute Gasteiger partial charge is 0.244 e. The van der Waals surface area contributed by atoms with E-state index in [-0.39, 0.29) is 23.8 Å². The first kappa shape index (κ1) is 19.1. The molecule has 2 aromatic carbocycles. The van der Waals surface area contributed by atoms with E-state index in [1.54, 1.807) is 19.0 Å². The van der Waals surface area contributed by atoms with Gasteiger partial charge >= 0.3 is 0 Å². The second-order valence-electron chi connectivity index (χ2n) is 7.24. The summed E-state index contributed by atoms with van der Waals surface area (Å²) >= 11 is 0. The van der Waals surface area contributed by atoms with Crippen molar-refractivity contribution in [1.82, 2.24) is 9.80 Å². The van der Waals surface area contributed by atoms with Crippen molar-refractivity contribution in [2.75, 3.05) is 32.5 Å². The van der Waals surface area contributed by atoms with Crippen LogP contribution in [0.15, 0.2) is 60.7 Å². The summed E-state index contributed by atoms with van der Waals surface area (Å²) < 4.78 is 0. The average Bonchev–Trinajstić information content (AvgIpc) is 2.70. The maximum atomic E-state index is 12.9. The molecular weight excluding hydrogens is 338 g/mol. The van der Waals surface area contributed by atoms with Gasteiger partial charge in [0.1, 0.15) is 6.04 Å².